The molecule has 6 heteroatoms. The zero-order chi connectivity index (χ0) is 12.4. The van der Waals surface area contributed by atoms with Crippen molar-refractivity contribution in [2.75, 3.05) is 11.9 Å². The van der Waals surface area contributed by atoms with Gasteiger partial charge in [-0.05, 0) is 30.7 Å². The smallest absolute Gasteiger partial charge is 0.139 e. The zero-order valence-corrected chi connectivity index (χ0v) is 12.6. The molecule has 2 rings (SSSR count). The number of benzene rings is 1. The normalized spacial score (nSPS) is 10.6. The van der Waals surface area contributed by atoms with Gasteiger partial charge in [0.2, 0.25) is 0 Å². The first kappa shape index (κ1) is 12.8. The standard InChI is InChI=1S/C11H11BrClN3S/c1-7-5-8(3-4-9(7)12)16(2)6-10-11(13)17-15-14-10/h3-5H,6H2,1-2H3. The van der Waals surface area contributed by atoms with Crippen LogP contribution in [0.3, 0.4) is 0 Å². The van der Waals surface area contributed by atoms with Crippen molar-refractivity contribution in [3.05, 3.63) is 38.3 Å². The van der Waals surface area contributed by atoms with Crippen LogP contribution in [0.4, 0.5) is 5.69 Å². The molecular formula is C11H11BrClN3S. The first-order valence-electron chi connectivity index (χ1n) is 5.02. The molecule has 0 saturated carbocycles. The largest absolute Gasteiger partial charge is 0.369 e. The Morgan fingerprint density at radius 3 is 2.82 bits per heavy atom. The molecular weight excluding hydrogens is 322 g/mol. The fourth-order valence-corrected chi connectivity index (χ4v) is 2.33. The van der Waals surface area contributed by atoms with Gasteiger partial charge in [0.1, 0.15) is 10.0 Å². The topological polar surface area (TPSA) is 29.0 Å². The van der Waals surface area contributed by atoms with Crippen LogP contribution in [-0.4, -0.2) is 16.6 Å². The second-order valence-corrected chi connectivity index (χ2v) is 5.99. The fraction of sp³-hybridized carbons (Fsp3) is 0.273. The molecule has 0 fully saturated rings. The third-order valence-electron chi connectivity index (χ3n) is 2.48. The van der Waals surface area contributed by atoms with Gasteiger partial charge in [0.05, 0.1) is 6.54 Å². The molecule has 0 unspecified atom stereocenters. The van der Waals surface area contributed by atoms with Gasteiger partial charge in [-0.3, -0.25) is 0 Å². The second kappa shape index (κ2) is 5.33. The predicted octanol–water partition coefficient (Wildman–Crippen LogP) is 3.90. The summed E-state index contributed by atoms with van der Waals surface area (Å²) in [6.45, 7) is 2.73. The Hall–Kier alpha value is -0.650. The predicted molar refractivity (Wildman–Crippen MR) is 75.9 cm³/mol. The van der Waals surface area contributed by atoms with E-state index in [9.17, 15) is 0 Å². The van der Waals surface area contributed by atoms with Crippen molar-refractivity contribution in [1.29, 1.82) is 0 Å². The maximum Gasteiger partial charge on any atom is 0.139 e. The monoisotopic (exact) mass is 331 g/mol. The molecule has 1 aromatic carbocycles. The summed E-state index contributed by atoms with van der Waals surface area (Å²) in [6, 6.07) is 6.23. The molecule has 0 bridgehead atoms. The lowest BCUT2D eigenvalue weighted by Gasteiger charge is -2.18. The summed E-state index contributed by atoms with van der Waals surface area (Å²) in [4.78, 5) is 2.10. The van der Waals surface area contributed by atoms with E-state index in [4.69, 9.17) is 11.6 Å². The summed E-state index contributed by atoms with van der Waals surface area (Å²) in [7, 11) is 2.01. The molecule has 17 heavy (non-hydrogen) atoms. The molecule has 2 aromatic rings. The van der Waals surface area contributed by atoms with Crippen LogP contribution in [0.1, 0.15) is 11.3 Å². The second-order valence-electron chi connectivity index (χ2n) is 3.78. The molecule has 1 heterocycles. The first-order valence-corrected chi connectivity index (χ1v) is 6.96. The van der Waals surface area contributed by atoms with Crippen molar-refractivity contribution in [3.8, 4) is 0 Å². The lowest BCUT2D eigenvalue weighted by molar-refractivity contribution is 0.872. The highest BCUT2D eigenvalue weighted by atomic mass is 79.9. The van der Waals surface area contributed by atoms with Crippen LogP contribution in [0.5, 0.6) is 0 Å². The van der Waals surface area contributed by atoms with Gasteiger partial charge in [0.15, 0.2) is 0 Å². The van der Waals surface area contributed by atoms with E-state index < -0.39 is 0 Å². The average molecular weight is 333 g/mol. The fourth-order valence-electron chi connectivity index (χ4n) is 1.47. The molecule has 0 aliphatic carbocycles. The highest BCUT2D eigenvalue weighted by molar-refractivity contribution is 9.10. The van der Waals surface area contributed by atoms with E-state index in [1.54, 1.807) is 0 Å². The lowest BCUT2D eigenvalue weighted by Crippen LogP contribution is -2.16. The summed E-state index contributed by atoms with van der Waals surface area (Å²) < 4.78 is 5.60. The minimum absolute atomic E-state index is 0.658. The number of hydrogen-bond acceptors (Lipinski definition) is 4. The highest BCUT2D eigenvalue weighted by Crippen LogP contribution is 2.25. The van der Waals surface area contributed by atoms with Gasteiger partial charge < -0.3 is 4.90 Å². The van der Waals surface area contributed by atoms with Crippen LogP contribution in [0.25, 0.3) is 0 Å². The Balaban J connectivity index is 2.17. The van der Waals surface area contributed by atoms with E-state index in [-0.39, 0.29) is 0 Å². The molecule has 0 spiro atoms. The molecule has 0 N–H and O–H groups in total. The van der Waals surface area contributed by atoms with Crippen LogP contribution in [0.2, 0.25) is 4.34 Å². The van der Waals surface area contributed by atoms with Crippen LogP contribution in [0, 0.1) is 6.92 Å². The zero-order valence-electron chi connectivity index (χ0n) is 9.44. The first-order chi connectivity index (χ1) is 8.08. The Labute approximate surface area is 118 Å². The van der Waals surface area contributed by atoms with Crippen LogP contribution in [0.15, 0.2) is 22.7 Å². The summed E-state index contributed by atoms with van der Waals surface area (Å²) in [5.74, 6) is 0. The summed E-state index contributed by atoms with van der Waals surface area (Å²) in [5.41, 5.74) is 3.16. The Kier molecular flexibility index (Phi) is 4.01. The van der Waals surface area contributed by atoms with Gasteiger partial charge in [-0.15, -0.1) is 5.10 Å². The van der Waals surface area contributed by atoms with Crippen molar-refractivity contribution in [3.63, 3.8) is 0 Å². The van der Waals surface area contributed by atoms with Crippen LogP contribution >= 0.6 is 39.1 Å². The number of aryl methyl sites for hydroxylation is 1. The van der Waals surface area contributed by atoms with Gasteiger partial charge in [-0.25, -0.2) is 0 Å². The summed E-state index contributed by atoms with van der Waals surface area (Å²) >= 11 is 10.7. The number of anilines is 1. The average Bonchev–Trinajstić information content (AvgIpc) is 2.68. The summed E-state index contributed by atoms with van der Waals surface area (Å²) in [5, 5.41) is 4.01. The number of nitrogens with zero attached hydrogens (tertiary/aromatic N) is 3. The Morgan fingerprint density at radius 1 is 1.47 bits per heavy atom. The third-order valence-corrected chi connectivity index (χ3v) is 4.35. The molecule has 0 aliphatic rings. The van der Waals surface area contributed by atoms with Crippen molar-refractivity contribution < 1.29 is 0 Å². The van der Waals surface area contributed by atoms with Gasteiger partial charge in [-0.1, -0.05) is 32.0 Å². The molecule has 0 saturated heterocycles. The molecule has 0 radical (unpaired) electrons. The molecule has 1 aromatic heterocycles. The molecule has 0 atom stereocenters. The van der Waals surface area contributed by atoms with Gasteiger partial charge in [0.25, 0.3) is 0 Å². The van der Waals surface area contributed by atoms with Crippen molar-refractivity contribution >= 4 is 44.8 Å². The molecule has 0 amide bonds. The Morgan fingerprint density at radius 2 is 2.24 bits per heavy atom. The minimum Gasteiger partial charge on any atom is -0.369 e. The third kappa shape index (κ3) is 2.97. The Bertz CT molecular complexity index is 529. The van der Waals surface area contributed by atoms with Crippen molar-refractivity contribution in [1.82, 2.24) is 9.59 Å². The van der Waals surface area contributed by atoms with E-state index in [1.165, 1.54) is 17.1 Å². The van der Waals surface area contributed by atoms with E-state index in [2.05, 4.69) is 49.5 Å². The van der Waals surface area contributed by atoms with Crippen LogP contribution in [-0.2, 0) is 6.54 Å². The minimum atomic E-state index is 0.658. The summed E-state index contributed by atoms with van der Waals surface area (Å²) in [6.07, 6.45) is 0. The number of rotatable bonds is 3. The van der Waals surface area contributed by atoms with Gasteiger partial charge in [-0.2, -0.15) is 0 Å². The molecule has 90 valence electrons. The van der Waals surface area contributed by atoms with Crippen molar-refractivity contribution in [2.24, 2.45) is 0 Å². The SMILES string of the molecule is Cc1cc(N(C)Cc2nnsc2Cl)ccc1Br. The lowest BCUT2D eigenvalue weighted by atomic mass is 10.2. The number of aromatic nitrogens is 2. The number of halogens is 2. The van der Waals surface area contributed by atoms with Gasteiger partial charge in [0, 0.05) is 28.7 Å². The highest BCUT2D eigenvalue weighted by Gasteiger charge is 2.09. The van der Waals surface area contributed by atoms with E-state index in [0.717, 1.165) is 15.9 Å². The van der Waals surface area contributed by atoms with Crippen LogP contribution < -0.4 is 4.90 Å². The van der Waals surface area contributed by atoms with E-state index >= 15 is 0 Å². The molecule has 0 aliphatic heterocycles. The number of hydrogen-bond donors (Lipinski definition) is 0. The quantitative estimate of drug-likeness (QED) is 0.853. The van der Waals surface area contributed by atoms with Gasteiger partial charge >= 0.3 is 0 Å². The maximum atomic E-state index is 5.99. The molecule has 3 nitrogen and oxygen atoms in total. The maximum absolute atomic E-state index is 5.99. The van der Waals surface area contributed by atoms with E-state index in [0.29, 0.717) is 10.9 Å². The van der Waals surface area contributed by atoms with Crippen molar-refractivity contribution in [2.45, 2.75) is 13.5 Å². The van der Waals surface area contributed by atoms with E-state index in [1.807, 2.05) is 13.1 Å².